The van der Waals surface area contributed by atoms with E-state index in [1.165, 1.54) is 12.3 Å². The second-order valence-electron chi connectivity index (χ2n) is 4.67. The van der Waals surface area contributed by atoms with Crippen LogP contribution in [0, 0.1) is 0 Å². The molecule has 0 unspecified atom stereocenters. The highest BCUT2D eigenvalue weighted by Gasteiger charge is 2.02. The van der Waals surface area contributed by atoms with Crippen LogP contribution in [0.5, 0.6) is 11.5 Å². The first-order chi connectivity index (χ1) is 11.2. The van der Waals surface area contributed by atoms with Crippen LogP contribution < -0.4 is 15.5 Å². The van der Waals surface area contributed by atoms with Crippen LogP contribution in [0.4, 0.5) is 5.69 Å². The molecule has 120 valence electrons. The van der Waals surface area contributed by atoms with Crippen LogP contribution in [0.2, 0.25) is 0 Å². The Kier molecular flexibility index (Phi) is 5.99. The van der Waals surface area contributed by atoms with Crippen molar-refractivity contribution in [3.63, 3.8) is 0 Å². The standard InChI is InChI=1S/C17H19N3O3/c1-2-23-16-10-13(8-9-15(16)21)11-19-20-17(22)12-18-14-6-4-3-5-7-14/h3-11,18,21H,2,12H2,1H3,(H,20,22)/b19-11-. The zero-order valence-electron chi connectivity index (χ0n) is 12.8. The molecule has 0 heterocycles. The molecular weight excluding hydrogens is 294 g/mol. The van der Waals surface area contributed by atoms with Gasteiger partial charge in [0.2, 0.25) is 0 Å². The Balaban J connectivity index is 1.84. The molecule has 0 saturated heterocycles. The number of amides is 1. The van der Waals surface area contributed by atoms with Crippen molar-refractivity contribution in [2.75, 3.05) is 18.5 Å². The molecule has 1 amide bonds. The second kappa shape index (κ2) is 8.43. The molecule has 6 nitrogen and oxygen atoms in total. The van der Waals surface area contributed by atoms with E-state index in [1.807, 2.05) is 37.3 Å². The van der Waals surface area contributed by atoms with Crippen LogP contribution >= 0.6 is 0 Å². The topological polar surface area (TPSA) is 83.0 Å². The summed E-state index contributed by atoms with van der Waals surface area (Å²) < 4.78 is 5.28. The average molecular weight is 313 g/mol. The highest BCUT2D eigenvalue weighted by atomic mass is 16.5. The molecule has 0 spiro atoms. The maximum Gasteiger partial charge on any atom is 0.259 e. The van der Waals surface area contributed by atoms with E-state index in [0.29, 0.717) is 17.9 Å². The number of hydrogen-bond acceptors (Lipinski definition) is 5. The molecule has 0 aromatic heterocycles. The van der Waals surface area contributed by atoms with Gasteiger partial charge in [-0.1, -0.05) is 18.2 Å². The fourth-order valence-electron chi connectivity index (χ4n) is 1.84. The third kappa shape index (κ3) is 5.35. The average Bonchev–Trinajstić information content (AvgIpc) is 2.57. The van der Waals surface area contributed by atoms with Gasteiger partial charge in [-0.05, 0) is 42.8 Å². The molecule has 23 heavy (non-hydrogen) atoms. The molecule has 0 bridgehead atoms. The monoisotopic (exact) mass is 313 g/mol. The third-order valence-electron chi connectivity index (χ3n) is 2.91. The number of carbonyl (C=O) groups is 1. The van der Waals surface area contributed by atoms with Crippen molar-refractivity contribution in [1.82, 2.24) is 5.43 Å². The Bertz CT molecular complexity index is 672. The van der Waals surface area contributed by atoms with Crippen LogP contribution in [0.1, 0.15) is 12.5 Å². The van der Waals surface area contributed by atoms with Crippen molar-refractivity contribution in [2.45, 2.75) is 6.92 Å². The number of hydrazone groups is 1. The first kappa shape index (κ1) is 16.4. The van der Waals surface area contributed by atoms with Gasteiger partial charge in [-0.25, -0.2) is 5.43 Å². The molecule has 0 aliphatic heterocycles. The number of hydrogen-bond donors (Lipinski definition) is 3. The van der Waals surface area contributed by atoms with E-state index in [2.05, 4.69) is 15.8 Å². The van der Waals surface area contributed by atoms with E-state index >= 15 is 0 Å². The molecule has 0 radical (unpaired) electrons. The van der Waals surface area contributed by atoms with Gasteiger partial charge in [0.25, 0.3) is 5.91 Å². The predicted molar refractivity (Wildman–Crippen MR) is 89.9 cm³/mol. The van der Waals surface area contributed by atoms with E-state index in [-0.39, 0.29) is 18.2 Å². The number of anilines is 1. The number of nitrogens with zero attached hydrogens (tertiary/aromatic N) is 1. The Hall–Kier alpha value is -3.02. The highest BCUT2D eigenvalue weighted by Crippen LogP contribution is 2.26. The highest BCUT2D eigenvalue weighted by molar-refractivity contribution is 5.84. The molecule has 0 aliphatic rings. The number of rotatable bonds is 7. The Labute approximate surface area is 134 Å². The summed E-state index contributed by atoms with van der Waals surface area (Å²) in [6.45, 7) is 2.41. The normalized spacial score (nSPS) is 10.5. The number of benzene rings is 2. The molecule has 3 N–H and O–H groups in total. The molecule has 2 aromatic rings. The van der Waals surface area contributed by atoms with E-state index in [1.54, 1.807) is 12.1 Å². The molecule has 0 aliphatic carbocycles. The first-order valence-electron chi connectivity index (χ1n) is 7.25. The number of nitrogens with one attached hydrogen (secondary N) is 2. The molecule has 2 rings (SSSR count). The molecular formula is C17H19N3O3. The lowest BCUT2D eigenvalue weighted by Crippen LogP contribution is -2.25. The smallest absolute Gasteiger partial charge is 0.259 e. The summed E-state index contributed by atoms with van der Waals surface area (Å²) in [4.78, 5) is 11.7. The third-order valence-corrected chi connectivity index (χ3v) is 2.91. The molecule has 0 saturated carbocycles. The minimum absolute atomic E-state index is 0.0695. The number of phenols is 1. The fraction of sp³-hybridized carbons (Fsp3) is 0.176. The maximum atomic E-state index is 11.7. The summed E-state index contributed by atoms with van der Waals surface area (Å²) >= 11 is 0. The van der Waals surface area contributed by atoms with Gasteiger partial charge in [-0.2, -0.15) is 5.10 Å². The van der Waals surface area contributed by atoms with Crippen LogP contribution in [-0.4, -0.2) is 30.4 Å². The lowest BCUT2D eigenvalue weighted by atomic mass is 10.2. The summed E-state index contributed by atoms with van der Waals surface area (Å²) in [6, 6.07) is 14.3. The van der Waals surface area contributed by atoms with Gasteiger partial charge in [-0.3, -0.25) is 4.79 Å². The van der Waals surface area contributed by atoms with Crippen molar-refractivity contribution >= 4 is 17.8 Å². The number of aromatic hydroxyl groups is 1. The van der Waals surface area contributed by atoms with Gasteiger partial charge >= 0.3 is 0 Å². The molecule has 0 atom stereocenters. The predicted octanol–water partition coefficient (Wildman–Crippen LogP) is 2.35. The minimum Gasteiger partial charge on any atom is -0.504 e. The lowest BCUT2D eigenvalue weighted by molar-refractivity contribution is -0.119. The van der Waals surface area contributed by atoms with E-state index in [0.717, 1.165) is 5.69 Å². The minimum atomic E-state index is -0.256. The van der Waals surface area contributed by atoms with Crippen molar-refractivity contribution in [3.05, 3.63) is 54.1 Å². The van der Waals surface area contributed by atoms with Gasteiger partial charge in [-0.15, -0.1) is 0 Å². The second-order valence-corrected chi connectivity index (χ2v) is 4.67. The molecule has 2 aromatic carbocycles. The zero-order valence-corrected chi connectivity index (χ0v) is 12.8. The number of para-hydroxylation sites is 1. The maximum absolute atomic E-state index is 11.7. The summed E-state index contributed by atoms with van der Waals surface area (Å²) in [6.07, 6.45) is 1.49. The SMILES string of the molecule is CCOc1cc(/C=N\NC(=O)CNc2ccccc2)ccc1O. The number of ether oxygens (including phenoxy) is 1. The lowest BCUT2D eigenvalue weighted by Gasteiger charge is -2.06. The van der Waals surface area contributed by atoms with Crippen molar-refractivity contribution in [3.8, 4) is 11.5 Å². The van der Waals surface area contributed by atoms with Gasteiger partial charge in [0.15, 0.2) is 11.5 Å². The largest absolute Gasteiger partial charge is 0.504 e. The summed E-state index contributed by atoms with van der Waals surface area (Å²) in [7, 11) is 0. The summed E-state index contributed by atoms with van der Waals surface area (Å²) in [5.74, 6) is 0.197. The summed E-state index contributed by atoms with van der Waals surface area (Å²) in [5, 5.41) is 16.5. The van der Waals surface area contributed by atoms with Gasteiger partial charge < -0.3 is 15.2 Å². The van der Waals surface area contributed by atoms with Crippen molar-refractivity contribution < 1.29 is 14.6 Å². The number of phenolic OH excluding ortho intramolecular Hbond substituents is 1. The van der Waals surface area contributed by atoms with E-state index in [9.17, 15) is 9.90 Å². The molecule has 0 fully saturated rings. The van der Waals surface area contributed by atoms with Crippen LogP contribution in [0.25, 0.3) is 0 Å². The fourth-order valence-corrected chi connectivity index (χ4v) is 1.84. The zero-order chi connectivity index (χ0) is 16.5. The Morgan fingerprint density at radius 2 is 2.04 bits per heavy atom. The van der Waals surface area contributed by atoms with Gasteiger partial charge in [0.05, 0.1) is 19.4 Å². The quantitative estimate of drug-likeness (QED) is 0.541. The molecule has 6 heteroatoms. The van der Waals surface area contributed by atoms with Crippen molar-refractivity contribution in [2.24, 2.45) is 5.10 Å². The van der Waals surface area contributed by atoms with Crippen LogP contribution in [-0.2, 0) is 4.79 Å². The van der Waals surface area contributed by atoms with E-state index < -0.39 is 0 Å². The van der Waals surface area contributed by atoms with Crippen LogP contribution in [0.15, 0.2) is 53.6 Å². The number of carbonyl (C=O) groups excluding carboxylic acids is 1. The first-order valence-corrected chi connectivity index (χ1v) is 7.25. The van der Waals surface area contributed by atoms with E-state index in [4.69, 9.17) is 4.74 Å². The van der Waals surface area contributed by atoms with Gasteiger partial charge in [0.1, 0.15) is 0 Å². The van der Waals surface area contributed by atoms with Gasteiger partial charge in [0, 0.05) is 5.69 Å². The summed E-state index contributed by atoms with van der Waals surface area (Å²) in [5.41, 5.74) is 4.01. The Morgan fingerprint density at radius 3 is 2.78 bits per heavy atom. The Morgan fingerprint density at radius 1 is 1.26 bits per heavy atom. The van der Waals surface area contributed by atoms with Crippen LogP contribution in [0.3, 0.4) is 0 Å². The van der Waals surface area contributed by atoms with Crippen molar-refractivity contribution in [1.29, 1.82) is 0 Å².